The van der Waals surface area contributed by atoms with Gasteiger partial charge < -0.3 is 11.1 Å². The number of anilines is 1. The van der Waals surface area contributed by atoms with Gasteiger partial charge in [0.25, 0.3) is 5.91 Å². The molecule has 7 nitrogen and oxygen atoms in total. The fraction of sp³-hybridized carbons (Fsp3) is 0.500. The van der Waals surface area contributed by atoms with Crippen LogP contribution < -0.4 is 16.5 Å². The fourth-order valence-corrected chi connectivity index (χ4v) is 9.06. The van der Waals surface area contributed by atoms with Crippen molar-refractivity contribution in [2.45, 2.75) is 77.6 Å². The molecule has 0 bridgehead atoms. The summed E-state index contributed by atoms with van der Waals surface area (Å²) in [6.45, 7) is 8.36. The average Bonchev–Trinajstić information content (AvgIpc) is 3.00. The molecule has 1 aliphatic carbocycles. The number of carbonyl (C=O) groups excluding carboxylic acids is 1. The molecule has 1 aromatic carbocycles. The van der Waals surface area contributed by atoms with Gasteiger partial charge in [0.05, 0.1) is 23.4 Å². The van der Waals surface area contributed by atoms with Crippen molar-refractivity contribution in [3.05, 3.63) is 71.2 Å². The molecule has 1 saturated heterocycles. The van der Waals surface area contributed by atoms with E-state index < -0.39 is 27.4 Å². The first kappa shape index (κ1) is 33.2. The van der Waals surface area contributed by atoms with Crippen LogP contribution in [0.15, 0.2) is 42.7 Å². The number of pyridine rings is 2. The van der Waals surface area contributed by atoms with Crippen LogP contribution in [0.2, 0.25) is 6.82 Å². The van der Waals surface area contributed by atoms with Crippen LogP contribution in [-0.2, 0) is 9.84 Å². The van der Waals surface area contributed by atoms with Crippen molar-refractivity contribution in [1.29, 1.82) is 0 Å². The van der Waals surface area contributed by atoms with E-state index in [1.165, 1.54) is 12.1 Å². The van der Waals surface area contributed by atoms with E-state index in [0.717, 1.165) is 30.9 Å². The Morgan fingerprint density at radius 3 is 2.49 bits per heavy atom. The number of halogens is 2. The number of nitrogens with one attached hydrogen (secondary N) is 1. The summed E-state index contributed by atoms with van der Waals surface area (Å²) in [7, 11) is -1.41. The minimum absolute atomic E-state index is 0.0413. The first-order chi connectivity index (χ1) is 21.4. The van der Waals surface area contributed by atoms with E-state index in [1.807, 2.05) is 6.07 Å². The number of nitrogens with two attached hydrogens (primary N) is 1. The quantitative estimate of drug-likeness (QED) is 0.301. The normalized spacial score (nSPS) is 23.6. The smallest absolute Gasteiger partial charge is 0.274 e. The van der Waals surface area contributed by atoms with Gasteiger partial charge in [-0.3, -0.25) is 9.78 Å². The summed E-state index contributed by atoms with van der Waals surface area (Å²) < 4.78 is 54.7. The SMILES string of the molecule is C[B]c1cc(C2CCS(=O)(=O)CC2)cc(F)c1-c1nc(C(=O)Nc2cnccc2C2CC(N)C(C(C)C)C(CC)C2)ccc1F. The summed E-state index contributed by atoms with van der Waals surface area (Å²) in [6.07, 6.45) is 6.92. The van der Waals surface area contributed by atoms with Gasteiger partial charge in [-0.2, -0.15) is 0 Å². The van der Waals surface area contributed by atoms with Gasteiger partial charge in [-0.05, 0) is 90.7 Å². The summed E-state index contributed by atoms with van der Waals surface area (Å²) >= 11 is 0. The highest BCUT2D eigenvalue weighted by Gasteiger charge is 2.38. The number of amides is 1. The Labute approximate surface area is 266 Å². The van der Waals surface area contributed by atoms with Gasteiger partial charge in [0, 0.05) is 17.8 Å². The third-order valence-electron chi connectivity index (χ3n) is 9.82. The molecule has 239 valence electrons. The van der Waals surface area contributed by atoms with E-state index in [4.69, 9.17) is 5.73 Å². The van der Waals surface area contributed by atoms with E-state index in [-0.39, 0.29) is 46.3 Å². The van der Waals surface area contributed by atoms with Gasteiger partial charge in [-0.1, -0.05) is 45.5 Å². The molecule has 3 N–H and O–H groups in total. The first-order valence-electron chi connectivity index (χ1n) is 15.9. The van der Waals surface area contributed by atoms with E-state index in [2.05, 4.69) is 36.1 Å². The van der Waals surface area contributed by atoms with Crippen LogP contribution in [0.5, 0.6) is 0 Å². The Morgan fingerprint density at radius 2 is 1.82 bits per heavy atom. The molecular formula is C34H42BF2N4O3S. The molecule has 3 aromatic rings. The topological polar surface area (TPSA) is 115 Å². The Kier molecular flexibility index (Phi) is 10.1. The van der Waals surface area contributed by atoms with Gasteiger partial charge in [0.15, 0.2) is 0 Å². The van der Waals surface area contributed by atoms with Crippen LogP contribution in [0, 0.1) is 29.4 Å². The van der Waals surface area contributed by atoms with E-state index >= 15 is 8.78 Å². The van der Waals surface area contributed by atoms with Crippen molar-refractivity contribution < 1.29 is 22.0 Å². The zero-order valence-electron chi connectivity index (χ0n) is 26.4. The van der Waals surface area contributed by atoms with E-state index in [9.17, 15) is 13.2 Å². The summed E-state index contributed by atoms with van der Waals surface area (Å²) in [5.41, 5.74) is 8.94. The van der Waals surface area contributed by atoms with Crippen molar-refractivity contribution in [2.24, 2.45) is 23.5 Å². The molecule has 11 heteroatoms. The lowest BCUT2D eigenvalue weighted by Gasteiger charge is -2.43. The highest BCUT2D eigenvalue weighted by atomic mass is 32.2. The van der Waals surface area contributed by atoms with Gasteiger partial charge >= 0.3 is 0 Å². The van der Waals surface area contributed by atoms with Crippen molar-refractivity contribution >= 4 is 34.2 Å². The Hall–Kier alpha value is -3.18. The van der Waals surface area contributed by atoms with Gasteiger partial charge in [-0.25, -0.2) is 22.2 Å². The molecule has 5 rings (SSSR count). The Bertz CT molecular complexity index is 1660. The molecular weight excluding hydrogens is 593 g/mol. The summed E-state index contributed by atoms with van der Waals surface area (Å²) in [4.78, 5) is 22.1. The lowest BCUT2D eigenvalue weighted by molar-refractivity contribution is 0.102. The standard InChI is InChI=1S/C34H42BF2N4O3S/c1-5-20-14-23(17-28(38)31(20)19(2)3)24-8-11-39-18-30(24)41-34(42)29-7-6-26(36)33(40-29)32-25(35-4)15-22(16-27(32)37)21-9-12-45(43,44)13-10-21/h6-8,11,15-16,18-21,23,28,31H,5,9-10,12-14,17,38H2,1-4H3,(H,41,42). The zero-order valence-corrected chi connectivity index (χ0v) is 27.2. The van der Waals surface area contributed by atoms with E-state index in [0.29, 0.717) is 47.3 Å². The maximum Gasteiger partial charge on any atom is 0.274 e. The third-order valence-corrected chi connectivity index (χ3v) is 11.5. The molecule has 45 heavy (non-hydrogen) atoms. The largest absolute Gasteiger partial charge is 0.327 e. The Balaban J connectivity index is 1.41. The number of carbonyl (C=O) groups is 1. The molecule has 2 fully saturated rings. The van der Waals surface area contributed by atoms with Crippen molar-refractivity contribution in [2.75, 3.05) is 16.8 Å². The number of benzene rings is 1. The van der Waals surface area contributed by atoms with Crippen LogP contribution in [0.4, 0.5) is 14.5 Å². The summed E-state index contributed by atoms with van der Waals surface area (Å²) in [6, 6.07) is 7.47. The van der Waals surface area contributed by atoms with Crippen LogP contribution in [0.1, 0.15) is 86.3 Å². The molecule has 2 aliphatic rings. The Morgan fingerprint density at radius 1 is 1.09 bits per heavy atom. The first-order valence-corrected chi connectivity index (χ1v) is 17.8. The lowest BCUT2D eigenvalue weighted by atomic mass is 9.65. The predicted molar refractivity (Wildman–Crippen MR) is 176 cm³/mol. The van der Waals surface area contributed by atoms with Gasteiger partial charge in [-0.15, -0.1) is 0 Å². The maximum absolute atomic E-state index is 15.7. The highest BCUT2D eigenvalue weighted by molar-refractivity contribution is 7.91. The van der Waals surface area contributed by atoms with Crippen molar-refractivity contribution in [3.63, 3.8) is 0 Å². The minimum Gasteiger partial charge on any atom is -0.327 e. The van der Waals surface area contributed by atoms with Gasteiger partial charge in [0.1, 0.15) is 40.1 Å². The number of hydrogen-bond donors (Lipinski definition) is 2. The lowest BCUT2D eigenvalue weighted by Crippen LogP contribution is -2.44. The van der Waals surface area contributed by atoms with Crippen LogP contribution in [0.3, 0.4) is 0 Å². The van der Waals surface area contributed by atoms with Crippen molar-refractivity contribution in [3.8, 4) is 11.3 Å². The maximum atomic E-state index is 15.7. The number of hydrogen-bond acceptors (Lipinski definition) is 6. The number of nitrogens with zero attached hydrogens (tertiary/aromatic N) is 2. The fourth-order valence-electron chi connectivity index (χ4n) is 7.57. The molecule has 2 aromatic heterocycles. The number of aromatic nitrogens is 2. The second-order valence-corrected chi connectivity index (χ2v) is 15.3. The van der Waals surface area contributed by atoms with Crippen LogP contribution in [-0.4, -0.2) is 49.1 Å². The van der Waals surface area contributed by atoms with Crippen LogP contribution in [0.25, 0.3) is 11.3 Å². The molecule has 0 spiro atoms. The number of rotatable bonds is 8. The van der Waals surface area contributed by atoms with E-state index in [1.54, 1.807) is 32.6 Å². The monoisotopic (exact) mass is 635 g/mol. The average molecular weight is 636 g/mol. The number of sulfone groups is 1. The predicted octanol–water partition coefficient (Wildman–Crippen LogP) is 5.85. The second-order valence-electron chi connectivity index (χ2n) is 12.9. The summed E-state index contributed by atoms with van der Waals surface area (Å²) in [5.74, 6) is -0.441. The molecule has 1 saturated carbocycles. The summed E-state index contributed by atoms with van der Waals surface area (Å²) in [5, 5.41) is 2.93. The molecule has 3 heterocycles. The van der Waals surface area contributed by atoms with Crippen LogP contribution >= 0.6 is 0 Å². The minimum atomic E-state index is -3.07. The second kappa shape index (κ2) is 13.7. The highest BCUT2D eigenvalue weighted by Crippen LogP contribution is 2.45. The third kappa shape index (κ3) is 7.14. The van der Waals surface area contributed by atoms with Crippen molar-refractivity contribution in [1.82, 2.24) is 9.97 Å². The molecule has 1 aliphatic heterocycles. The molecule has 1 radical (unpaired) electrons. The van der Waals surface area contributed by atoms with Gasteiger partial charge in [0.2, 0.25) is 0 Å². The molecule has 1 amide bonds. The molecule has 4 atom stereocenters. The zero-order chi connectivity index (χ0) is 32.5. The molecule has 4 unspecified atom stereocenters.